The molecule has 102 valence electrons. The van der Waals surface area contributed by atoms with Gasteiger partial charge in [-0.25, -0.2) is 0 Å². The Morgan fingerprint density at radius 3 is 3.00 bits per heavy atom. The number of aromatic nitrogens is 2. The fourth-order valence-electron chi connectivity index (χ4n) is 2.40. The summed E-state index contributed by atoms with van der Waals surface area (Å²) >= 11 is 5.89. The first-order valence-electron chi connectivity index (χ1n) is 6.59. The Morgan fingerprint density at radius 2 is 2.33 bits per heavy atom. The largest absolute Gasteiger partial charge is 0.374 e. The molecule has 4 nitrogen and oxygen atoms in total. The van der Waals surface area contributed by atoms with E-state index in [4.69, 9.17) is 16.3 Å². The second kappa shape index (κ2) is 6.04. The summed E-state index contributed by atoms with van der Waals surface area (Å²) in [5.74, 6) is 0.565. The van der Waals surface area contributed by atoms with Gasteiger partial charge in [0.15, 0.2) is 0 Å². The minimum Gasteiger partial charge on any atom is -0.374 e. The number of hydrogen-bond donors (Lipinski definition) is 0. The summed E-state index contributed by atoms with van der Waals surface area (Å²) in [5.41, 5.74) is 2.36. The van der Waals surface area contributed by atoms with Crippen molar-refractivity contribution in [2.45, 2.75) is 46.0 Å². The van der Waals surface area contributed by atoms with Crippen LogP contribution < -0.4 is 0 Å². The van der Waals surface area contributed by atoms with Crippen LogP contribution in [-0.4, -0.2) is 45.9 Å². The van der Waals surface area contributed by atoms with E-state index in [2.05, 4.69) is 34.6 Å². The predicted octanol–water partition coefficient (Wildman–Crippen LogP) is 2.04. The van der Waals surface area contributed by atoms with E-state index >= 15 is 0 Å². The van der Waals surface area contributed by atoms with E-state index in [1.807, 2.05) is 6.92 Å². The SMILES string of the molecule is CCn1nc(C)cc1CN1CC(CCl)OCC1C. The van der Waals surface area contributed by atoms with Gasteiger partial charge in [0.05, 0.1) is 24.1 Å². The molecule has 1 aliphatic heterocycles. The van der Waals surface area contributed by atoms with Crippen molar-refractivity contribution in [2.24, 2.45) is 0 Å². The molecule has 0 spiro atoms. The summed E-state index contributed by atoms with van der Waals surface area (Å²) in [7, 11) is 0. The maximum Gasteiger partial charge on any atom is 0.0838 e. The van der Waals surface area contributed by atoms with E-state index in [9.17, 15) is 0 Å². The Balaban J connectivity index is 2.06. The van der Waals surface area contributed by atoms with Gasteiger partial charge in [0.25, 0.3) is 0 Å². The van der Waals surface area contributed by atoms with E-state index in [-0.39, 0.29) is 6.10 Å². The van der Waals surface area contributed by atoms with Crippen molar-refractivity contribution in [3.63, 3.8) is 0 Å². The lowest BCUT2D eigenvalue weighted by Crippen LogP contribution is -2.48. The smallest absolute Gasteiger partial charge is 0.0838 e. The van der Waals surface area contributed by atoms with Crippen molar-refractivity contribution in [3.8, 4) is 0 Å². The molecule has 1 aromatic heterocycles. The fourth-order valence-corrected chi connectivity index (χ4v) is 2.58. The second-order valence-electron chi connectivity index (χ2n) is 4.98. The van der Waals surface area contributed by atoms with Gasteiger partial charge in [-0.05, 0) is 26.8 Å². The summed E-state index contributed by atoms with van der Waals surface area (Å²) in [6.07, 6.45) is 0.155. The number of rotatable bonds is 4. The number of aryl methyl sites for hydroxylation is 2. The number of alkyl halides is 1. The topological polar surface area (TPSA) is 30.3 Å². The van der Waals surface area contributed by atoms with Crippen LogP contribution >= 0.6 is 11.6 Å². The molecule has 5 heteroatoms. The lowest BCUT2D eigenvalue weighted by molar-refractivity contribution is -0.0518. The maximum absolute atomic E-state index is 5.89. The first kappa shape index (κ1) is 13.8. The van der Waals surface area contributed by atoms with Gasteiger partial charge in [0, 0.05) is 31.6 Å². The molecule has 1 saturated heterocycles. The van der Waals surface area contributed by atoms with Gasteiger partial charge < -0.3 is 4.74 Å². The molecule has 0 aromatic carbocycles. The van der Waals surface area contributed by atoms with Gasteiger partial charge >= 0.3 is 0 Å². The highest BCUT2D eigenvalue weighted by atomic mass is 35.5. The Labute approximate surface area is 114 Å². The number of halogens is 1. The fraction of sp³-hybridized carbons (Fsp3) is 0.769. The first-order valence-corrected chi connectivity index (χ1v) is 7.12. The molecule has 2 heterocycles. The number of hydrogen-bond acceptors (Lipinski definition) is 3. The molecule has 1 aliphatic rings. The highest BCUT2D eigenvalue weighted by Gasteiger charge is 2.26. The third-order valence-electron chi connectivity index (χ3n) is 3.46. The minimum atomic E-state index is 0.155. The summed E-state index contributed by atoms with van der Waals surface area (Å²) in [5, 5.41) is 4.49. The Bertz CT molecular complexity index is 394. The molecule has 0 bridgehead atoms. The van der Waals surface area contributed by atoms with E-state index < -0.39 is 0 Å². The molecular weight excluding hydrogens is 250 g/mol. The molecule has 0 saturated carbocycles. The Morgan fingerprint density at radius 1 is 1.56 bits per heavy atom. The third kappa shape index (κ3) is 3.05. The third-order valence-corrected chi connectivity index (χ3v) is 3.80. The van der Waals surface area contributed by atoms with E-state index in [0.29, 0.717) is 11.9 Å². The highest BCUT2D eigenvalue weighted by Crippen LogP contribution is 2.17. The maximum atomic E-state index is 5.89. The number of ether oxygens (including phenoxy) is 1. The van der Waals surface area contributed by atoms with E-state index in [1.165, 1.54) is 5.69 Å². The molecule has 2 unspecified atom stereocenters. The van der Waals surface area contributed by atoms with Crippen LogP contribution in [0.3, 0.4) is 0 Å². The van der Waals surface area contributed by atoms with Crippen LogP contribution in [0, 0.1) is 6.92 Å². The van der Waals surface area contributed by atoms with Gasteiger partial charge in [-0.2, -0.15) is 5.10 Å². The zero-order valence-corrected chi connectivity index (χ0v) is 12.2. The Hall–Kier alpha value is -0.580. The van der Waals surface area contributed by atoms with Crippen LogP contribution in [-0.2, 0) is 17.8 Å². The molecule has 18 heavy (non-hydrogen) atoms. The van der Waals surface area contributed by atoms with Gasteiger partial charge in [0.2, 0.25) is 0 Å². The molecule has 2 atom stereocenters. The Kier molecular flexibility index (Phi) is 4.65. The average molecular weight is 272 g/mol. The van der Waals surface area contributed by atoms with Crippen LogP contribution in [0.2, 0.25) is 0 Å². The summed E-state index contributed by atoms with van der Waals surface area (Å²) < 4.78 is 7.75. The lowest BCUT2D eigenvalue weighted by Gasteiger charge is -2.37. The van der Waals surface area contributed by atoms with Crippen LogP contribution in [0.15, 0.2) is 6.07 Å². The molecule has 0 amide bonds. The minimum absolute atomic E-state index is 0.155. The molecule has 2 rings (SSSR count). The second-order valence-corrected chi connectivity index (χ2v) is 5.29. The molecule has 1 fully saturated rings. The van der Waals surface area contributed by atoms with Crippen molar-refractivity contribution in [1.29, 1.82) is 0 Å². The summed E-state index contributed by atoms with van der Waals surface area (Å²) in [6.45, 7) is 9.87. The first-order chi connectivity index (χ1) is 8.63. The van der Waals surface area contributed by atoms with Gasteiger partial charge in [-0.1, -0.05) is 0 Å². The van der Waals surface area contributed by atoms with Crippen LogP contribution in [0.4, 0.5) is 0 Å². The monoisotopic (exact) mass is 271 g/mol. The van der Waals surface area contributed by atoms with Crippen molar-refractivity contribution in [2.75, 3.05) is 19.0 Å². The average Bonchev–Trinajstić information content (AvgIpc) is 2.72. The molecule has 0 aliphatic carbocycles. The quantitative estimate of drug-likeness (QED) is 0.785. The van der Waals surface area contributed by atoms with E-state index in [1.54, 1.807) is 0 Å². The predicted molar refractivity (Wildman–Crippen MR) is 73.0 cm³/mol. The van der Waals surface area contributed by atoms with Crippen molar-refractivity contribution < 1.29 is 4.74 Å². The van der Waals surface area contributed by atoms with Crippen LogP contribution in [0.5, 0.6) is 0 Å². The molecule has 0 radical (unpaired) electrons. The number of nitrogens with zero attached hydrogens (tertiary/aromatic N) is 3. The standard InChI is InChI=1S/C13H22ClN3O/c1-4-17-12(5-10(2)15-17)7-16-8-13(6-14)18-9-11(16)3/h5,11,13H,4,6-9H2,1-3H3. The van der Waals surface area contributed by atoms with Crippen molar-refractivity contribution in [3.05, 3.63) is 17.5 Å². The van der Waals surface area contributed by atoms with E-state index in [0.717, 1.165) is 31.9 Å². The summed E-state index contributed by atoms with van der Waals surface area (Å²) in [4.78, 5) is 2.43. The van der Waals surface area contributed by atoms with Gasteiger partial charge in [0.1, 0.15) is 0 Å². The lowest BCUT2D eigenvalue weighted by atomic mass is 10.2. The van der Waals surface area contributed by atoms with Gasteiger partial charge in [-0.3, -0.25) is 9.58 Å². The van der Waals surface area contributed by atoms with Crippen molar-refractivity contribution in [1.82, 2.24) is 14.7 Å². The zero-order valence-electron chi connectivity index (χ0n) is 11.4. The van der Waals surface area contributed by atoms with Crippen LogP contribution in [0.1, 0.15) is 25.2 Å². The normalized spacial score (nSPS) is 25.6. The molecule has 1 aromatic rings. The number of morpholine rings is 1. The van der Waals surface area contributed by atoms with Crippen LogP contribution in [0.25, 0.3) is 0 Å². The van der Waals surface area contributed by atoms with Gasteiger partial charge in [-0.15, -0.1) is 11.6 Å². The molecular formula is C13H22ClN3O. The summed E-state index contributed by atoms with van der Waals surface area (Å²) in [6, 6.07) is 2.60. The molecule has 0 N–H and O–H groups in total. The van der Waals surface area contributed by atoms with Crippen molar-refractivity contribution >= 4 is 11.6 Å². The highest BCUT2D eigenvalue weighted by molar-refractivity contribution is 6.18. The zero-order chi connectivity index (χ0) is 13.1.